The van der Waals surface area contributed by atoms with Crippen LogP contribution in [0.25, 0.3) is 0 Å². The predicted molar refractivity (Wildman–Crippen MR) is 108 cm³/mol. The van der Waals surface area contributed by atoms with Crippen LogP contribution in [0.2, 0.25) is 0 Å². The number of unbranched alkanes of at least 4 members (excludes halogenated alkanes) is 10. The smallest absolute Gasteiger partial charge is 0.0881 e. The lowest BCUT2D eigenvalue weighted by Gasteiger charge is -2.24. The normalized spacial score (nSPS) is 11.6. The lowest BCUT2D eigenvalue weighted by Crippen LogP contribution is -2.33. The topological polar surface area (TPSA) is 0 Å². The van der Waals surface area contributed by atoms with Crippen molar-refractivity contribution in [1.29, 1.82) is 0 Å². The third-order valence-electron chi connectivity index (χ3n) is 5.04. The molecule has 1 rings (SSSR count). The summed E-state index contributed by atoms with van der Waals surface area (Å²) in [4.78, 5) is 0. The van der Waals surface area contributed by atoms with E-state index in [4.69, 9.17) is 0 Å². The molecule has 136 valence electrons. The Morgan fingerprint density at radius 1 is 0.708 bits per heavy atom. The molecule has 0 aliphatic rings. The molecule has 0 unspecified atom stereocenters. The molecular formula is C23H40N+. The average molecular weight is 331 g/mol. The number of hydrogen-bond acceptors (Lipinski definition) is 0. The quantitative estimate of drug-likeness (QED) is 0.247. The van der Waals surface area contributed by atoms with Crippen LogP contribution >= 0.6 is 0 Å². The molecule has 0 fully saturated rings. The standard InChI is InChI=1S/C23H40N/c1-4-24(2,3)22-18-13-11-9-7-5-6-8-10-12-15-19-23-20-16-14-17-21-23/h4,14,16-17,20-21H,1,5-13,15,18-19,22H2,2-3H3/q+1. The first-order valence-electron chi connectivity index (χ1n) is 10.1. The first-order valence-corrected chi connectivity index (χ1v) is 10.1. The number of quaternary nitrogens is 1. The number of hydrogen-bond donors (Lipinski definition) is 0. The van der Waals surface area contributed by atoms with Crippen LogP contribution in [0.5, 0.6) is 0 Å². The maximum Gasteiger partial charge on any atom is 0.0881 e. The van der Waals surface area contributed by atoms with E-state index in [1.54, 1.807) is 0 Å². The van der Waals surface area contributed by atoms with Gasteiger partial charge in [0.15, 0.2) is 0 Å². The molecule has 0 amide bonds. The van der Waals surface area contributed by atoms with Crippen LogP contribution in [-0.2, 0) is 6.42 Å². The third kappa shape index (κ3) is 11.5. The summed E-state index contributed by atoms with van der Waals surface area (Å²) in [5.41, 5.74) is 1.49. The Morgan fingerprint density at radius 2 is 1.17 bits per heavy atom. The summed E-state index contributed by atoms with van der Waals surface area (Å²) in [5.74, 6) is 0. The van der Waals surface area contributed by atoms with Gasteiger partial charge < -0.3 is 4.48 Å². The van der Waals surface area contributed by atoms with Crippen LogP contribution in [0.3, 0.4) is 0 Å². The molecule has 0 aromatic heterocycles. The van der Waals surface area contributed by atoms with E-state index in [-0.39, 0.29) is 0 Å². The van der Waals surface area contributed by atoms with Crippen LogP contribution < -0.4 is 0 Å². The molecule has 0 saturated carbocycles. The largest absolute Gasteiger partial charge is 0.303 e. The van der Waals surface area contributed by atoms with Gasteiger partial charge in [-0.2, -0.15) is 0 Å². The molecule has 0 aliphatic heterocycles. The average Bonchev–Trinajstić information content (AvgIpc) is 2.60. The van der Waals surface area contributed by atoms with Gasteiger partial charge in [0.05, 0.1) is 26.8 Å². The first kappa shape index (κ1) is 21.0. The van der Waals surface area contributed by atoms with Gasteiger partial charge in [-0.3, -0.25) is 0 Å². The molecule has 0 saturated heterocycles. The number of rotatable bonds is 15. The Morgan fingerprint density at radius 3 is 1.67 bits per heavy atom. The highest BCUT2D eigenvalue weighted by Crippen LogP contribution is 2.13. The fourth-order valence-electron chi connectivity index (χ4n) is 3.18. The minimum absolute atomic E-state index is 0.949. The fraction of sp³-hybridized carbons (Fsp3) is 0.652. The highest BCUT2D eigenvalue weighted by Gasteiger charge is 2.08. The van der Waals surface area contributed by atoms with Crippen molar-refractivity contribution >= 4 is 0 Å². The molecule has 0 atom stereocenters. The molecule has 1 heteroatoms. The Kier molecular flexibility index (Phi) is 11.6. The van der Waals surface area contributed by atoms with Gasteiger partial charge in [-0.1, -0.05) is 81.7 Å². The molecular weight excluding hydrogens is 290 g/mol. The molecule has 1 aromatic rings. The SMILES string of the molecule is C=C[N+](C)(C)CCCCCCCCCCCCCc1ccccc1. The minimum Gasteiger partial charge on any atom is -0.303 e. The summed E-state index contributed by atoms with van der Waals surface area (Å²) in [5, 5.41) is 0. The Balaban J connectivity index is 1.78. The van der Waals surface area contributed by atoms with Gasteiger partial charge in [0.25, 0.3) is 0 Å². The first-order chi connectivity index (χ1) is 11.6. The summed E-state index contributed by atoms with van der Waals surface area (Å²) < 4.78 is 0.949. The highest BCUT2D eigenvalue weighted by molar-refractivity contribution is 5.14. The molecule has 24 heavy (non-hydrogen) atoms. The van der Waals surface area contributed by atoms with Gasteiger partial charge in [0.2, 0.25) is 0 Å². The van der Waals surface area contributed by atoms with E-state index >= 15 is 0 Å². The van der Waals surface area contributed by atoms with E-state index in [0.29, 0.717) is 0 Å². The van der Waals surface area contributed by atoms with E-state index in [1.807, 2.05) is 6.20 Å². The second kappa shape index (κ2) is 13.2. The number of aryl methyl sites for hydroxylation is 1. The van der Waals surface area contributed by atoms with Crippen LogP contribution in [0, 0.1) is 0 Å². The fourth-order valence-corrected chi connectivity index (χ4v) is 3.18. The lowest BCUT2D eigenvalue weighted by atomic mass is 10.0. The summed E-state index contributed by atoms with van der Waals surface area (Å²) in [6.45, 7) is 5.12. The van der Waals surface area contributed by atoms with Crippen molar-refractivity contribution in [2.75, 3.05) is 20.6 Å². The molecule has 0 N–H and O–H groups in total. The van der Waals surface area contributed by atoms with Crippen molar-refractivity contribution < 1.29 is 4.48 Å². The zero-order valence-corrected chi connectivity index (χ0v) is 16.3. The summed E-state index contributed by atoms with van der Waals surface area (Å²) in [7, 11) is 4.46. The monoisotopic (exact) mass is 330 g/mol. The third-order valence-corrected chi connectivity index (χ3v) is 5.04. The molecule has 0 heterocycles. The zero-order valence-electron chi connectivity index (χ0n) is 16.3. The highest BCUT2D eigenvalue weighted by atomic mass is 15.3. The molecule has 1 aromatic carbocycles. The van der Waals surface area contributed by atoms with Gasteiger partial charge in [0, 0.05) is 0 Å². The van der Waals surface area contributed by atoms with Gasteiger partial charge >= 0.3 is 0 Å². The van der Waals surface area contributed by atoms with Gasteiger partial charge in [-0.25, -0.2) is 0 Å². The van der Waals surface area contributed by atoms with Crippen molar-refractivity contribution in [2.24, 2.45) is 0 Å². The van der Waals surface area contributed by atoms with Crippen molar-refractivity contribution in [3.8, 4) is 0 Å². The Bertz CT molecular complexity index is 407. The van der Waals surface area contributed by atoms with Crippen LogP contribution in [-0.4, -0.2) is 25.1 Å². The van der Waals surface area contributed by atoms with Crippen LogP contribution in [0.1, 0.15) is 76.2 Å². The van der Waals surface area contributed by atoms with Gasteiger partial charge in [0.1, 0.15) is 0 Å². The Hall–Kier alpha value is -1.08. The maximum absolute atomic E-state index is 3.90. The van der Waals surface area contributed by atoms with Crippen molar-refractivity contribution in [3.05, 3.63) is 48.7 Å². The van der Waals surface area contributed by atoms with Gasteiger partial charge in [-0.15, -0.1) is 0 Å². The lowest BCUT2D eigenvalue weighted by molar-refractivity contribution is -0.838. The summed E-state index contributed by atoms with van der Waals surface area (Å²) >= 11 is 0. The maximum atomic E-state index is 3.90. The van der Waals surface area contributed by atoms with E-state index in [9.17, 15) is 0 Å². The molecule has 0 radical (unpaired) electrons. The summed E-state index contributed by atoms with van der Waals surface area (Å²) in [6.07, 6.45) is 18.8. The van der Waals surface area contributed by atoms with Crippen molar-refractivity contribution in [2.45, 2.75) is 77.0 Å². The van der Waals surface area contributed by atoms with E-state index < -0.39 is 0 Å². The van der Waals surface area contributed by atoms with E-state index in [0.717, 1.165) is 4.48 Å². The molecule has 1 nitrogen and oxygen atoms in total. The summed E-state index contributed by atoms with van der Waals surface area (Å²) in [6, 6.07) is 10.9. The van der Waals surface area contributed by atoms with Crippen LogP contribution in [0.15, 0.2) is 43.1 Å². The molecule has 0 bridgehead atoms. The second-order valence-electron chi connectivity index (χ2n) is 7.81. The van der Waals surface area contributed by atoms with Crippen molar-refractivity contribution in [1.82, 2.24) is 0 Å². The predicted octanol–water partition coefficient (Wildman–Crippen LogP) is 6.74. The molecule has 0 aliphatic carbocycles. The van der Waals surface area contributed by atoms with Crippen LogP contribution in [0.4, 0.5) is 0 Å². The zero-order chi connectivity index (χ0) is 17.5. The number of nitrogens with zero attached hydrogens (tertiary/aromatic N) is 1. The van der Waals surface area contributed by atoms with E-state index in [1.165, 1.54) is 89.2 Å². The number of benzene rings is 1. The Labute approximate surface area is 151 Å². The van der Waals surface area contributed by atoms with E-state index in [2.05, 4.69) is 51.0 Å². The van der Waals surface area contributed by atoms with Crippen molar-refractivity contribution in [3.63, 3.8) is 0 Å². The minimum atomic E-state index is 0.949. The van der Waals surface area contributed by atoms with Gasteiger partial charge in [-0.05, 0) is 37.8 Å². The molecule has 0 spiro atoms. The second-order valence-corrected chi connectivity index (χ2v) is 7.81.